The Labute approximate surface area is 113 Å². The van der Waals surface area contributed by atoms with Crippen LogP contribution in [0.25, 0.3) is 0 Å². The number of carbonyl (C=O) groups is 1. The minimum absolute atomic E-state index is 0.231. The normalized spacial score (nSPS) is 10.6. The molecule has 1 aromatic heterocycles. The van der Waals surface area contributed by atoms with E-state index in [1.165, 1.54) is 6.20 Å². The summed E-state index contributed by atoms with van der Waals surface area (Å²) in [5, 5.41) is 9.13. The van der Waals surface area contributed by atoms with Crippen LogP contribution in [0.1, 0.15) is 28.8 Å². The van der Waals surface area contributed by atoms with Crippen LogP contribution in [0, 0.1) is 0 Å². The largest absolute Gasteiger partial charge is 0.477 e. The minimum atomic E-state index is -0.945. The van der Waals surface area contributed by atoms with Crippen molar-refractivity contribution in [2.24, 2.45) is 0 Å². The molecule has 5 heteroatoms. The smallest absolute Gasteiger partial charge is 0.354 e. The summed E-state index contributed by atoms with van der Waals surface area (Å²) in [6.45, 7) is 2.49. The van der Waals surface area contributed by atoms with Crippen LogP contribution < -0.4 is 0 Å². The Bertz CT molecular complexity index is 561. The van der Waals surface area contributed by atoms with Crippen molar-refractivity contribution in [2.45, 2.75) is 19.9 Å². The van der Waals surface area contributed by atoms with Crippen LogP contribution in [-0.4, -0.2) is 20.6 Å². The minimum Gasteiger partial charge on any atom is -0.477 e. The van der Waals surface area contributed by atoms with Crippen LogP contribution in [0.2, 0.25) is 0 Å². The molecule has 18 heavy (non-hydrogen) atoms. The molecule has 2 aromatic rings. The Morgan fingerprint density at radius 3 is 2.61 bits per heavy atom. The van der Waals surface area contributed by atoms with Crippen molar-refractivity contribution in [2.75, 3.05) is 0 Å². The van der Waals surface area contributed by atoms with Gasteiger partial charge in [-0.3, -0.25) is 0 Å². The standard InChI is InChI=1S/C13H13BrN2O2/c1-2-12-15-7-11(13(17)18)16(12)8-9-3-5-10(14)6-4-9/h3-7H,2,8H2,1H3,(H,17,18). The van der Waals surface area contributed by atoms with Crippen molar-refractivity contribution in [3.63, 3.8) is 0 Å². The molecule has 0 aliphatic rings. The van der Waals surface area contributed by atoms with Gasteiger partial charge in [0.1, 0.15) is 11.5 Å². The predicted molar refractivity (Wildman–Crippen MR) is 71.8 cm³/mol. The summed E-state index contributed by atoms with van der Waals surface area (Å²) in [4.78, 5) is 15.3. The molecule has 4 nitrogen and oxygen atoms in total. The number of nitrogens with zero attached hydrogens (tertiary/aromatic N) is 2. The number of rotatable bonds is 4. The van der Waals surface area contributed by atoms with Crippen LogP contribution in [0.5, 0.6) is 0 Å². The number of aryl methyl sites for hydroxylation is 1. The predicted octanol–water partition coefficient (Wildman–Crippen LogP) is 2.95. The molecular weight excluding hydrogens is 296 g/mol. The van der Waals surface area contributed by atoms with Crippen molar-refractivity contribution in [1.29, 1.82) is 0 Å². The quantitative estimate of drug-likeness (QED) is 0.944. The molecule has 0 aliphatic carbocycles. The van der Waals surface area contributed by atoms with Crippen LogP contribution in [0.4, 0.5) is 0 Å². The molecule has 1 aromatic carbocycles. The Kier molecular flexibility index (Phi) is 3.81. The van der Waals surface area contributed by atoms with Gasteiger partial charge in [-0.15, -0.1) is 0 Å². The van der Waals surface area contributed by atoms with E-state index in [1.54, 1.807) is 4.57 Å². The van der Waals surface area contributed by atoms with Gasteiger partial charge in [0.05, 0.1) is 6.20 Å². The molecule has 0 aliphatic heterocycles. The van der Waals surface area contributed by atoms with Gasteiger partial charge < -0.3 is 9.67 Å². The maximum absolute atomic E-state index is 11.1. The van der Waals surface area contributed by atoms with E-state index >= 15 is 0 Å². The number of hydrogen-bond donors (Lipinski definition) is 1. The highest BCUT2D eigenvalue weighted by molar-refractivity contribution is 9.10. The number of aromatic nitrogens is 2. The molecule has 0 unspecified atom stereocenters. The average Bonchev–Trinajstić information content (AvgIpc) is 2.75. The highest BCUT2D eigenvalue weighted by Crippen LogP contribution is 2.14. The van der Waals surface area contributed by atoms with Crippen LogP contribution in [0.3, 0.4) is 0 Å². The summed E-state index contributed by atoms with van der Waals surface area (Å²) in [6, 6.07) is 7.82. The Balaban J connectivity index is 2.35. The van der Waals surface area contributed by atoms with Crippen molar-refractivity contribution < 1.29 is 9.90 Å². The number of benzene rings is 1. The summed E-state index contributed by atoms with van der Waals surface area (Å²) in [5.41, 5.74) is 1.28. The van der Waals surface area contributed by atoms with E-state index in [4.69, 9.17) is 5.11 Å². The fourth-order valence-electron chi connectivity index (χ4n) is 1.82. The van der Waals surface area contributed by atoms with Crippen molar-refractivity contribution in [3.8, 4) is 0 Å². The topological polar surface area (TPSA) is 55.1 Å². The number of aromatic carboxylic acids is 1. The van der Waals surface area contributed by atoms with Crippen molar-refractivity contribution >= 4 is 21.9 Å². The number of carboxylic acid groups (broad SMARTS) is 1. The fraction of sp³-hybridized carbons (Fsp3) is 0.231. The molecule has 0 radical (unpaired) electrons. The molecule has 0 bridgehead atoms. The molecule has 0 spiro atoms. The molecule has 0 atom stereocenters. The highest BCUT2D eigenvalue weighted by Gasteiger charge is 2.14. The zero-order valence-electron chi connectivity index (χ0n) is 9.93. The van der Waals surface area contributed by atoms with Gasteiger partial charge in [0.2, 0.25) is 0 Å². The summed E-state index contributed by atoms with van der Waals surface area (Å²) in [5.74, 6) is -0.158. The van der Waals surface area contributed by atoms with Gasteiger partial charge in [-0.2, -0.15) is 0 Å². The van der Waals surface area contributed by atoms with E-state index in [9.17, 15) is 4.79 Å². The lowest BCUT2D eigenvalue weighted by atomic mass is 10.2. The van der Waals surface area contributed by atoms with Crippen LogP contribution >= 0.6 is 15.9 Å². The summed E-state index contributed by atoms with van der Waals surface area (Å²) in [7, 11) is 0. The van der Waals surface area contributed by atoms with E-state index in [0.29, 0.717) is 13.0 Å². The van der Waals surface area contributed by atoms with Crippen LogP contribution in [0.15, 0.2) is 34.9 Å². The van der Waals surface area contributed by atoms with E-state index < -0.39 is 5.97 Å². The van der Waals surface area contributed by atoms with E-state index in [-0.39, 0.29) is 5.69 Å². The number of hydrogen-bond acceptors (Lipinski definition) is 2. The zero-order valence-corrected chi connectivity index (χ0v) is 11.5. The second-order valence-corrected chi connectivity index (χ2v) is 4.85. The van der Waals surface area contributed by atoms with Crippen molar-refractivity contribution in [3.05, 3.63) is 52.0 Å². The third-order valence-electron chi connectivity index (χ3n) is 2.73. The Hall–Kier alpha value is -1.62. The monoisotopic (exact) mass is 308 g/mol. The lowest BCUT2D eigenvalue weighted by Gasteiger charge is -2.09. The first-order valence-corrected chi connectivity index (χ1v) is 6.43. The van der Waals surface area contributed by atoms with E-state index in [2.05, 4.69) is 20.9 Å². The van der Waals surface area contributed by atoms with Gasteiger partial charge in [0.25, 0.3) is 0 Å². The summed E-state index contributed by atoms with van der Waals surface area (Å²) >= 11 is 3.38. The summed E-state index contributed by atoms with van der Waals surface area (Å²) < 4.78 is 2.75. The lowest BCUT2D eigenvalue weighted by molar-refractivity contribution is 0.0685. The second-order valence-electron chi connectivity index (χ2n) is 3.93. The van der Waals surface area contributed by atoms with E-state index in [1.807, 2.05) is 31.2 Å². The second kappa shape index (κ2) is 5.35. The lowest BCUT2D eigenvalue weighted by Crippen LogP contribution is -2.12. The number of halogens is 1. The van der Waals surface area contributed by atoms with Gasteiger partial charge in [0, 0.05) is 17.4 Å². The molecule has 94 valence electrons. The third-order valence-corrected chi connectivity index (χ3v) is 3.26. The molecular formula is C13H13BrN2O2. The first kappa shape index (κ1) is 12.8. The molecule has 0 saturated heterocycles. The van der Waals surface area contributed by atoms with Crippen LogP contribution in [-0.2, 0) is 13.0 Å². The third kappa shape index (κ3) is 2.61. The van der Waals surface area contributed by atoms with Gasteiger partial charge in [-0.25, -0.2) is 9.78 Å². The SMILES string of the molecule is CCc1ncc(C(=O)O)n1Cc1ccc(Br)cc1. The highest BCUT2D eigenvalue weighted by atomic mass is 79.9. The maximum Gasteiger partial charge on any atom is 0.354 e. The molecule has 0 amide bonds. The molecule has 1 heterocycles. The maximum atomic E-state index is 11.1. The molecule has 1 N–H and O–H groups in total. The first-order valence-electron chi connectivity index (χ1n) is 5.64. The number of carboxylic acids is 1. The zero-order chi connectivity index (χ0) is 13.1. The van der Waals surface area contributed by atoms with Gasteiger partial charge >= 0.3 is 5.97 Å². The Morgan fingerprint density at radius 2 is 2.06 bits per heavy atom. The van der Waals surface area contributed by atoms with Gasteiger partial charge in [-0.05, 0) is 17.7 Å². The van der Waals surface area contributed by atoms with E-state index in [0.717, 1.165) is 15.9 Å². The van der Waals surface area contributed by atoms with Gasteiger partial charge in [-0.1, -0.05) is 35.0 Å². The molecule has 0 fully saturated rings. The first-order chi connectivity index (χ1) is 8.61. The summed E-state index contributed by atoms with van der Waals surface area (Å²) in [6.07, 6.45) is 2.13. The van der Waals surface area contributed by atoms with Crippen molar-refractivity contribution in [1.82, 2.24) is 9.55 Å². The number of imidazole rings is 1. The molecule has 0 saturated carbocycles. The molecule has 2 rings (SSSR count). The van der Waals surface area contributed by atoms with Gasteiger partial charge in [0.15, 0.2) is 0 Å². The average molecular weight is 309 g/mol. The Morgan fingerprint density at radius 1 is 1.39 bits per heavy atom. The fourth-order valence-corrected chi connectivity index (χ4v) is 2.08.